The Bertz CT molecular complexity index is 523. The summed E-state index contributed by atoms with van der Waals surface area (Å²) in [5.74, 6) is 1.38. The molecule has 25 heavy (non-hydrogen) atoms. The lowest BCUT2D eigenvalue weighted by Gasteiger charge is -2.34. The summed E-state index contributed by atoms with van der Waals surface area (Å²) < 4.78 is 0. The number of nitrogens with one attached hydrogen (secondary N) is 1. The van der Waals surface area contributed by atoms with Crippen molar-refractivity contribution in [2.75, 3.05) is 31.6 Å². The number of rotatable bonds is 7. The number of aliphatic hydroxyl groups excluding tert-OH is 1. The first-order valence-electron chi connectivity index (χ1n) is 9.40. The van der Waals surface area contributed by atoms with E-state index in [0.717, 1.165) is 50.2 Å². The third-order valence-corrected chi connectivity index (χ3v) is 5.28. The third kappa shape index (κ3) is 5.33. The van der Waals surface area contributed by atoms with E-state index < -0.39 is 0 Å². The Morgan fingerprint density at radius 1 is 1.24 bits per heavy atom. The molecule has 0 radical (unpaired) electrons. The molecule has 6 nitrogen and oxygen atoms in total. The fourth-order valence-corrected chi connectivity index (χ4v) is 3.44. The van der Waals surface area contributed by atoms with Crippen LogP contribution >= 0.6 is 0 Å². The molecule has 1 aromatic rings. The zero-order valence-corrected chi connectivity index (χ0v) is 15.7. The molecule has 0 spiro atoms. The number of urea groups is 1. The highest BCUT2D eigenvalue weighted by Crippen LogP contribution is 2.26. The van der Waals surface area contributed by atoms with Crippen molar-refractivity contribution in [3.8, 4) is 0 Å². The number of anilines is 1. The maximum Gasteiger partial charge on any atom is 0.317 e. The van der Waals surface area contributed by atoms with Crippen molar-refractivity contribution >= 4 is 11.8 Å². The Morgan fingerprint density at radius 3 is 2.44 bits per heavy atom. The molecule has 1 aliphatic carbocycles. The summed E-state index contributed by atoms with van der Waals surface area (Å²) in [7, 11) is 1.86. The number of hydrogen-bond donors (Lipinski definition) is 2. The first-order chi connectivity index (χ1) is 12.1. The molecule has 6 heteroatoms. The van der Waals surface area contributed by atoms with Gasteiger partial charge in [-0.2, -0.15) is 0 Å². The van der Waals surface area contributed by atoms with Crippen molar-refractivity contribution in [1.82, 2.24) is 15.2 Å². The van der Waals surface area contributed by atoms with Crippen LogP contribution in [0.15, 0.2) is 18.3 Å². The van der Waals surface area contributed by atoms with Crippen molar-refractivity contribution < 1.29 is 9.90 Å². The second kappa shape index (κ2) is 9.61. The van der Waals surface area contributed by atoms with E-state index in [-0.39, 0.29) is 18.7 Å². The summed E-state index contributed by atoms with van der Waals surface area (Å²) in [6.07, 6.45) is 5.76. The first-order valence-corrected chi connectivity index (χ1v) is 9.40. The van der Waals surface area contributed by atoms with Crippen LogP contribution in [0.4, 0.5) is 10.6 Å². The molecule has 2 amide bonds. The largest absolute Gasteiger partial charge is 0.396 e. The Kier molecular flexibility index (Phi) is 7.50. The second-order valence-corrected chi connectivity index (χ2v) is 6.82. The number of carbonyl (C=O) groups is 1. The fraction of sp³-hybridized carbons (Fsp3) is 0.684. The summed E-state index contributed by atoms with van der Waals surface area (Å²) in [4.78, 5) is 20.9. The second-order valence-electron chi connectivity index (χ2n) is 6.82. The van der Waals surface area contributed by atoms with Gasteiger partial charge in [-0.25, -0.2) is 9.78 Å². The normalized spacial score (nSPS) is 20.2. The van der Waals surface area contributed by atoms with Gasteiger partial charge in [0.2, 0.25) is 0 Å². The molecule has 1 fully saturated rings. The van der Waals surface area contributed by atoms with Crippen LogP contribution in [0.5, 0.6) is 0 Å². The number of amides is 2. The monoisotopic (exact) mass is 348 g/mol. The standard InChI is InChI=1S/C19H32N4O2/c1-4-23(5-2)18-11-8-16(12-20-18)13-21-19(25)22(3)17-9-6-15(14-24)7-10-17/h8,11-12,15,17,24H,4-7,9-10,13-14H2,1-3H3,(H,21,25). The molecule has 0 unspecified atom stereocenters. The third-order valence-electron chi connectivity index (χ3n) is 5.28. The average Bonchev–Trinajstić information content (AvgIpc) is 2.67. The number of aromatic nitrogens is 1. The predicted molar refractivity (Wildman–Crippen MR) is 101 cm³/mol. The van der Waals surface area contributed by atoms with Crippen molar-refractivity contribution in [3.05, 3.63) is 23.9 Å². The number of hydrogen-bond acceptors (Lipinski definition) is 4. The fourth-order valence-electron chi connectivity index (χ4n) is 3.44. The highest BCUT2D eigenvalue weighted by molar-refractivity contribution is 5.74. The van der Waals surface area contributed by atoms with Crippen molar-refractivity contribution in [2.45, 2.75) is 52.1 Å². The lowest BCUT2D eigenvalue weighted by molar-refractivity contribution is 0.134. The number of nitrogens with zero attached hydrogens (tertiary/aromatic N) is 3. The van der Waals surface area contributed by atoms with Gasteiger partial charge >= 0.3 is 6.03 Å². The van der Waals surface area contributed by atoms with E-state index in [1.807, 2.05) is 30.3 Å². The zero-order valence-electron chi connectivity index (χ0n) is 15.7. The van der Waals surface area contributed by atoms with E-state index in [4.69, 9.17) is 0 Å². The van der Waals surface area contributed by atoms with Gasteiger partial charge in [0.1, 0.15) is 5.82 Å². The first kappa shape index (κ1) is 19.5. The van der Waals surface area contributed by atoms with Crippen LogP contribution in [0.3, 0.4) is 0 Å². The Hall–Kier alpha value is -1.82. The summed E-state index contributed by atoms with van der Waals surface area (Å²) in [5.41, 5.74) is 1.00. The van der Waals surface area contributed by atoms with Gasteiger partial charge in [-0.05, 0) is 57.1 Å². The van der Waals surface area contributed by atoms with E-state index >= 15 is 0 Å². The Morgan fingerprint density at radius 2 is 1.92 bits per heavy atom. The molecule has 0 bridgehead atoms. The molecular weight excluding hydrogens is 316 g/mol. The molecule has 1 aliphatic rings. The molecule has 1 aromatic heterocycles. The molecular formula is C19H32N4O2. The Labute approximate surface area is 151 Å². The molecule has 2 N–H and O–H groups in total. The van der Waals surface area contributed by atoms with Gasteiger partial charge in [0.05, 0.1) is 0 Å². The van der Waals surface area contributed by atoms with Crippen LogP contribution in [0.1, 0.15) is 45.1 Å². The number of aliphatic hydroxyl groups is 1. The molecule has 0 atom stereocenters. The van der Waals surface area contributed by atoms with E-state index in [2.05, 4.69) is 29.0 Å². The van der Waals surface area contributed by atoms with Gasteiger partial charge in [-0.1, -0.05) is 6.07 Å². The maximum atomic E-state index is 12.4. The van der Waals surface area contributed by atoms with E-state index in [0.29, 0.717) is 12.5 Å². The Balaban J connectivity index is 1.81. The zero-order chi connectivity index (χ0) is 18.2. The van der Waals surface area contributed by atoms with Crippen molar-refractivity contribution in [1.29, 1.82) is 0 Å². The van der Waals surface area contributed by atoms with Gasteiger partial charge in [0, 0.05) is 45.5 Å². The molecule has 2 rings (SSSR count). The SMILES string of the molecule is CCN(CC)c1ccc(CNC(=O)N(C)C2CCC(CO)CC2)cn1. The molecule has 0 aliphatic heterocycles. The molecule has 1 heterocycles. The minimum atomic E-state index is -0.0414. The van der Waals surface area contributed by atoms with Crippen LogP contribution in [0.2, 0.25) is 0 Å². The quantitative estimate of drug-likeness (QED) is 0.795. The van der Waals surface area contributed by atoms with Crippen LogP contribution in [-0.4, -0.2) is 53.8 Å². The van der Waals surface area contributed by atoms with Crippen molar-refractivity contribution in [3.63, 3.8) is 0 Å². The van der Waals surface area contributed by atoms with Crippen molar-refractivity contribution in [2.24, 2.45) is 5.92 Å². The number of pyridine rings is 1. The highest BCUT2D eigenvalue weighted by Gasteiger charge is 2.26. The molecule has 0 saturated heterocycles. The molecule has 0 aromatic carbocycles. The van der Waals surface area contributed by atoms with Gasteiger partial charge < -0.3 is 20.2 Å². The van der Waals surface area contributed by atoms with Crippen LogP contribution in [-0.2, 0) is 6.54 Å². The van der Waals surface area contributed by atoms with Crippen LogP contribution < -0.4 is 10.2 Å². The van der Waals surface area contributed by atoms with Crippen LogP contribution in [0, 0.1) is 5.92 Å². The predicted octanol–water partition coefficient (Wildman–Crippen LogP) is 2.62. The lowest BCUT2D eigenvalue weighted by atomic mass is 9.86. The summed E-state index contributed by atoms with van der Waals surface area (Å²) >= 11 is 0. The van der Waals surface area contributed by atoms with E-state index in [1.165, 1.54) is 0 Å². The lowest BCUT2D eigenvalue weighted by Crippen LogP contribution is -2.45. The molecule has 1 saturated carbocycles. The summed E-state index contributed by atoms with van der Waals surface area (Å²) in [5, 5.41) is 12.2. The highest BCUT2D eigenvalue weighted by atomic mass is 16.3. The van der Waals surface area contributed by atoms with E-state index in [9.17, 15) is 9.90 Å². The van der Waals surface area contributed by atoms with Gasteiger partial charge in [-0.3, -0.25) is 0 Å². The molecule has 140 valence electrons. The average molecular weight is 348 g/mol. The van der Waals surface area contributed by atoms with Gasteiger partial charge in [-0.15, -0.1) is 0 Å². The topological polar surface area (TPSA) is 68.7 Å². The van der Waals surface area contributed by atoms with Gasteiger partial charge in [0.15, 0.2) is 0 Å². The summed E-state index contributed by atoms with van der Waals surface area (Å²) in [6, 6.07) is 4.26. The smallest absolute Gasteiger partial charge is 0.317 e. The van der Waals surface area contributed by atoms with Gasteiger partial charge in [0.25, 0.3) is 0 Å². The van der Waals surface area contributed by atoms with Crippen LogP contribution in [0.25, 0.3) is 0 Å². The maximum absolute atomic E-state index is 12.4. The minimum Gasteiger partial charge on any atom is -0.396 e. The summed E-state index contributed by atoms with van der Waals surface area (Å²) in [6.45, 7) is 6.85. The minimum absolute atomic E-state index is 0.0414. The van der Waals surface area contributed by atoms with E-state index in [1.54, 1.807) is 0 Å². The number of carbonyl (C=O) groups excluding carboxylic acids is 1.